The lowest BCUT2D eigenvalue weighted by atomic mass is 9.94. The molecule has 1 aliphatic rings. The van der Waals surface area contributed by atoms with Gasteiger partial charge in [-0.1, -0.05) is 0 Å². The molecule has 0 aromatic heterocycles. The summed E-state index contributed by atoms with van der Waals surface area (Å²) in [6.45, 7) is -0.0886. The van der Waals surface area contributed by atoms with E-state index in [0.717, 1.165) is 0 Å². The van der Waals surface area contributed by atoms with Crippen molar-refractivity contribution in [3.63, 3.8) is 0 Å². The van der Waals surface area contributed by atoms with E-state index in [2.05, 4.69) is 0 Å². The van der Waals surface area contributed by atoms with Crippen molar-refractivity contribution >= 4 is 0 Å². The van der Waals surface area contributed by atoms with Crippen LogP contribution in [0.5, 0.6) is 0 Å². The molecule has 0 bridgehead atoms. The van der Waals surface area contributed by atoms with Crippen molar-refractivity contribution in [1.82, 2.24) is 0 Å². The molecule has 6 N–H and O–H groups in total. The minimum absolute atomic E-state index is 0.308. The molecule has 14 heavy (non-hydrogen) atoms. The molecule has 0 aliphatic carbocycles. The summed E-state index contributed by atoms with van der Waals surface area (Å²) < 4.78 is 5.18. The summed E-state index contributed by atoms with van der Waals surface area (Å²) in [5, 5.41) is 37.1. The summed E-state index contributed by atoms with van der Waals surface area (Å²) in [7, 11) is 0. The second-order valence-electron chi connectivity index (χ2n) is 3.44. The number of rotatable bonds is 3. The Morgan fingerprint density at radius 2 is 1.57 bits per heavy atom. The van der Waals surface area contributed by atoms with Crippen LogP contribution in [0.3, 0.4) is 0 Å². The first-order valence-electron chi connectivity index (χ1n) is 4.62. The molecule has 84 valence electrons. The van der Waals surface area contributed by atoms with Crippen molar-refractivity contribution < 1.29 is 25.2 Å². The molecule has 1 fully saturated rings. The predicted molar refractivity (Wildman–Crippen MR) is 47.4 cm³/mol. The quantitative estimate of drug-likeness (QED) is 0.341. The molecule has 0 aromatic rings. The summed E-state index contributed by atoms with van der Waals surface area (Å²) in [6, 6.07) is 0. The first-order valence-corrected chi connectivity index (χ1v) is 4.62. The number of hydrogen-bond acceptors (Lipinski definition) is 6. The lowest BCUT2D eigenvalue weighted by Gasteiger charge is -2.40. The lowest BCUT2D eigenvalue weighted by Crippen LogP contribution is -2.58. The maximum atomic E-state index is 9.48. The monoisotopic (exact) mass is 207 g/mol. The standard InChI is InChI=1S/C8H17NO5/c9-2-1-4-6(11)8(13)7(12)5(3-10)14-4/h4-8,10-13H,1-3,9H2/t4?,5-,6-,7-,8-/m1/s1. The maximum absolute atomic E-state index is 9.48. The van der Waals surface area contributed by atoms with E-state index >= 15 is 0 Å². The number of aliphatic hydroxyl groups is 4. The van der Waals surface area contributed by atoms with Crippen molar-refractivity contribution in [1.29, 1.82) is 0 Å². The third kappa shape index (κ3) is 2.22. The third-order valence-electron chi connectivity index (χ3n) is 2.44. The zero-order valence-electron chi connectivity index (χ0n) is 7.78. The van der Waals surface area contributed by atoms with Gasteiger partial charge in [0, 0.05) is 0 Å². The highest BCUT2D eigenvalue weighted by Crippen LogP contribution is 2.22. The van der Waals surface area contributed by atoms with Crippen LogP contribution in [0.1, 0.15) is 6.42 Å². The van der Waals surface area contributed by atoms with E-state index < -0.39 is 37.1 Å². The van der Waals surface area contributed by atoms with E-state index in [1.165, 1.54) is 0 Å². The molecule has 0 aromatic carbocycles. The molecule has 0 spiro atoms. The lowest BCUT2D eigenvalue weighted by molar-refractivity contribution is -0.229. The van der Waals surface area contributed by atoms with E-state index in [1.807, 2.05) is 0 Å². The van der Waals surface area contributed by atoms with Crippen LogP contribution in [0.15, 0.2) is 0 Å². The van der Waals surface area contributed by atoms with Gasteiger partial charge in [-0.05, 0) is 13.0 Å². The fourth-order valence-electron chi connectivity index (χ4n) is 1.58. The summed E-state index contributed by atoms with van der Waals surface area (Å²) >= 11 is 0. The van der Waals surface area contributed by atoms with Gasteiger partial charge in [0.25, 0.3) is 0 Å². The van der Waals surface area contributed by atoms with Crippen LogP contribution in [-0.4, -0.2) is 64.1 Å². The van der Waals surface area contributed by atoms with Gasteiger partial charge in [-0.2, -0.15) is 0 Å². The maximum Gasteiger partial charge on any atom is 0.111 e. The Bertz CT molecular complexity index is 175. The topological polar surface area (TPSA) is 116 Å². The van der Waals surface area contributed by atoms with Crippen LogP contribution >= 0.6 is 0 Å². The number of aliphatic hydroxyl groups excluding tert-OH is 4. The smallest absolute Gasteiger partial charge is 0.111 e. The molecule has 0 radical (unpaired) electrons. The van der Waals surface area contributed by atoms with Crippen molar-refractivity contribution in [3.8, 4) is 0 Å². The van der Waals surface area contributed by atoms with E-state index in [0.29, 0.717) is 13.0 Å². The molecule has 0 amide bonds. The molecule has 6 nitrogen and oxygen atoms in total. The average Bonchev–Trinajstić information content (AvgIpc) is 2.19. The highest BCUT2D eigenvalue weighted by molar-refractivity contribution is 4.91. The second-order valence-corrected chi connectivity index (χ2v) is 3.44. The summed E-state index contributed by atoms with van der Waals surface area (Å²) in [6.07, 6.45) is -4.82. The fourth-order valence-corrected chi connectivity index (χ4v) is 1.58. The normalized spacial score (nSPS) is 43.9. The summed E-state index contributed by atoms with van der Waals surface area (Å²) in [4.78, 5) is 0. The average molecular weight is 207 g/mol. The van der Waals surface area contributed by atoms with Gasteiger partial charge in [-0.15, -0.1) is 0 Å². The second kappa shape index (κ2) is 5.01. The summed E-state index contributed by atoms with van der Waals surface area (Å²) in [5.41, 5.74) is 5.29. The predicted octanol–water partition coefficient (Wildman–Crippen LogP) is -2.82. The van der Waals surface area contributed by atoms with Crippen LogP contribution in [-0.2, 0) is 4.74 Å². The van der Waals surface area contributed by atoms with Gasteiger partial charge in [0.1, 0.15) is 24.4 Å². The van der Waals surface area contributed by atoms with Gasteiger partial charge >= 0.3 is 0 Å². The molecular formula is C8H17NO5. The minimum Gasteiger partial charge on any atom is -0.394 e. The van der Waals surface area contributed by atoms with Crippen molar-refractivity contribution in [2.45, 2.75) is 36.9 Å². The van der Waals surface area contributed by atoms with Gasteiger partial charge in [0.2, 0.25) is 0 Å². The Kier molecular flexibility index (Phi) is 4.24. The molecule has 6 heteroatoms. The van der Waals surface area contributed by atoms with Crippen LogP contribution < -0.4 is 5.73 Å². The molecule has 0 saturated carbocycles. The first kappa shape index (κ1) is 11.8. The minimum atomic E-state index is -1.29. The number of ether oxygens (including phenoxy) is 1. The van der Waals surface area contributed by atoms with Crippen LogP contribution in [0.2, 0.25) is 0 Å². The fraction of sp³-hybridized carbons (Fsp3) is 1.00. The van der Waals surface area contributed by atoms with Crippen LogP contribution in [0.25, 0.3) is 0 Å². The zero-order chi connectivity index (χ0) is 10.7. The highest BCUT2D eigenvalue weighted by Gasteiger charge is 2.42. The molecule has 1 unspecified atom stereocenters. The van der Waals surface area contributed by atoms with E-state index in [4.69, 9.17) is 15.6 Å². The SMILES string of the molecule is NCCC1O[C@H](CO)[C@@H](O)[C@H](O)[C@@H]1O. The van der Waals surface area contributed by atoms with E-state index in [1.54, 1.807) is 0 Å². The Morgan fingerprint density at radius 1 is 1.00 bits per heavy atom. The largest absolute Gasteiger partial charge is 0.394 e. The van der Waals surface area contributed by atoms with Gasteiger partial charge in [0.15, 0.2) is 0 Å². The van der Waals surface area contributed by atoms with Crippen molar-refractivity contribution in [2.24, 2.45) is 5.73 Å². The molecule has 1 saturated heterocycles. The Morgan fingerprint density at radius 3 is 2.07 bits per heavy atom. The number of nitrogens with two attached hydrogens (primary N) is 1. The molecule has 1 aliphatic heterocycles. The van der Waals surface area contributed by atoms with Gasteiger partial charge in [0.05, 0.1) is 12.7 Å². The van der Waals surface area contributed by atoms with E-state index in [9.17, 15) is 15.3 Å². The molecule has 1 heterocycles. The molecule has 5 atom stereocenters. The number of hydrogen-bond donors (Lipinski definition) is 5. The van der Waals surface area contributed by atoms with Gasteiger partial charge in [-0.25, -0.2) is 0 Å². The van der Waals surface area contributed by atoms with Crippen molar-refractivity contribution in [2.75, 3.05) is 13.2 Å². The zero-order valence-corrected chi connectivity index (χ0v) is 7.78. The first-order chi connectivity index (χ1) is 6.61. The van der Waals surface area contributed by atoms with E-state index in [-0.39, 0.29) is 0 Å². The summed E-state index contributed by atoms with van der Waals surface area (Å²) in [5.74, 6) is 0. The Labute approximate surface area is 81.9 Å². The van der Waals surface area contributed by atoms with Crippen molar-refractivity contribution in [3.05, 3.63) is 0 Å². The van der Waals surface area contributed by atoms with Crippen LogP contribution in [0, 0.1) is 0 Å². The highest BCUT2D eigenvalue weighted by atomic mass is 16.5. The van der Waals surface area contributed by atoms with Crippen LogP contribution in [0.4, 0.5) is 0 Å². The Hall–Kier alpha value is -0.240. The van der Waals surface area contributed by atoms with Gasteiger partial charge in [-0.3, -0.25) is 0 Å². The van der Waals surface area contributed by atoms with Gasteiger partial charge < -0.3 is 30.9 Å². The molecular weight excluding hydrogens is 190 g/mol. The molecule has 1 rings (SSSR count). The Balaban J connectivity index is 2.63. The third-order valence-corrected chi connectivity index (χ3v) is 2.44.